The Labute approximate surface area is 84.8 Å². The molecular weight excluding hydrogens is 182 g/mol. The van der Waals surface area contributed by atoms with Gasteiger partial charge < -0.3 is 14.7 Å². The maximum atomic E-state index is 11.5. The molecule has 1 unspecified atom stereocenters. The summed E-state index contributed by atoms with van der Waals surface area (Å²) < 4.78 is 5.07. The van der Waals surface area contributed by atoms with Gasteiger partial charge in [-0.25, -0.2) is 0 Å². The predicted molar refractivity (Wildman–Crippen MR) is 52.9 cm³/mol. The highest BCUT2D eigenvalue weighted by atomic mass is 16.5. The molecule has 1 heterocycles. The van der Waals surface area contributed by atoms with E-state index in [1.54, 1.807) is 4.90 Å². The Hall–Kier alpha value is -0.610. The lowest BCUT2D eigenvalue weighted by atomic mass is 10.1. The molecule has 0 bridgehead atoms. The molecule has 0 aliphatic carbocycles. The zero-order valence-corrected chi connectivity index (χ0v) is 8.90. The standard InChI is InChI=1S/C10H19NO3/c1-8(2)3-4-11-9(5-12)6-14-7-10(11)13/h8-9,12H,3-7H2,1-2H3. The van der Waals surface area contributed by atoms with Crippen molar-refractivity contribution in [3.05, 3.63) is 0 Å². The minimum Gasteiger partial charge on any atom is -0.394 e. The molecule has 1 rings (SSSR count). The smallest absolute Gasteiger partial charge is 0.248 e. The lowest BCUT2D eigenvalue weighted by Gasteiger charge is -2.34. The Morgan fingerprint density at radius 2 is 2.36 bits per heavy atom. The summed E-state index contributed by atoms with van der Waals surface area (Å²) in [5.41, 5.74) is 0. The zero-order valence-electron chi connectivity index (χ0n) is 8.90. The second kappa shape index (κ2) is 5.32. The van der Waals surface area contributed by atoms with Crippen LogP contribution in [0, 0.1) is 5.92 Å². The molecule has 0 aromatic rings. The normalized spacial score (nSPS) is 23.3. The van der Waals surface area contributed by atoms with Crippen LogP contribution in [0.3, 0.4) is 0 Å². The number of aliphatic hydroxyl groups excluding tert-OH is 1. The van der Waals surface area contributed by atoms with Gasteiger partial charge in [0.2, 0.25) is 5.91 Å². The third kappa shape index (κ3) is 2.96. The predicted octanol–water partition coefficient (Wildman–Crippen LogP) is 0.252. The lowest BCUT2D eigenvalue weighted by Crippen LogP contribution is -2.51. The highest BCUT2D eigenvalue weighted by Gasteiger charge is 2.27. The summed E-state index contributed by atoms with van der Waals surface area (Å²) in [6, 6.07) is -0.144. The highest BCUT2D eigenvalue weighted by molar-refractivity contribution is 5.78. The molecule has 1 amide bonds. The van der Waals surface area contributed by atoms with Crippen LogP contribution in [0.5, 0.6) is 0 Å². The minimum absolute atomic E-state index is 0.00375. The molecule has 4 heteroatoms. The van der Waals surface area contributed by atoms with E-state index >= 15 is 0 Å². The van der Waals surface area contributed by atoms with Gasteiger partial charge in [0, 0.05) is 6.54 Å². The Bertz CT molecular complexity index is 194. The Kier molecular flexibility index (Phi) is 4.35. The minimum atomic E-state index is -0.144. The van der Waals surface area contributed by atoms with Crippen LogP contribution in [-0.4, -0.2) is 48.3 Å². The Balaban J connectivity index is 2.46. The molecule has 0 spiro atoms. The van der Waals surface area contributed by atoms with E-state index in [0.717, 1.165) is 13.0 Å². The van der Waals surface area contributed by atoms with E-state index in [1.807, 2.05) is 0 Å². The van der Waals surface area contributed by atoms with Crippen LogP contribution < -0.4 is 0 Å². The molecule has 1 fully saturated rings. The van der Waals surface area contributed by atoms with Crippen LogP contribution >= 0.6 is 0 Å². The number of nitrogens with zero attached hydrogens (tertiary/aromatic N) is 1. The molecule has 82 valence electrons. The van der Waals surface area contributed by atoms with E-state index in [-0.39, 0.29) is 25.2 Å². The fraction of sp³-hybridized carbons (Fsp3) is 0.900. The van der Waals surface area contributed by atoms with E-state index < -0.39 is 0 Å². The molecule has 1 N–H and O–H groups in total. The van der Waals surface area contributed by atoms with Crippen LogP contribution in [0.4, 0.5) is 0 Å². The van der Waals surface area contributed by atoms with Crippen molar-refractivity contribution < 1.29 is 14.6 Å². The highest BCUT2D eigenvalue weighted by Crippen LogP contribution is 2.10. The van der Waals surface area contributed by atoms with Crippen molar-refractivity contribution >= 4 is 5.91 Å². The van der Waals surface area contributed by atoms with Crippen molar-refractivity contribution in [1.29, 1.82) is 0 Å². The molecule has 1 aliphatic heterocycles. The van der Waals surface area contributed by atoms with E-state index in [2.05, 4.69) is 13.8 Å². The maximum absolute atomic E-state index is 11.5. The van der Waals surface area contributed by atoms with Gasteiger partial charge in [-0.15, -0.1) is 0 Å². The summed E-state index contributed by atoms with van der Waals surface area (Å²) in [6.45, 7) is 5.58. The van der Waals surface area contributed by atoms with Crippen LogP contribution in [-0.2, 0) is 9.53 Å². The molecule has 0 radical (unpaired) electrons. The van der Waals surface area contributed by atoms with Gasteiger partial charge in [0.1, 0.15) is 6.61 Å². The first kappa shape index (κ1) is 11.5. The molecule has 14 heavy (non-hydrogen) atoms. The number of ether oxygens (including phenoxy) is 1. The average molecular weight is 201 g/mol. The molecule has 0 aromatic heterocycles. The van der Waals surface area contributed by atoms with Crippen molar-refractivity contribution in [1.82, 2.24) is 4.90 Å². The number of carbonyl (C=O) groups excluding carboxylic acids is 1. The lowest BCUT2D eigenvalue weighted by molar-refractivity contribution is -0.150. The molecule has 4 nitrogen and oxygen atoms in total. The van der Waals surface area contributed by atoms with Gasteiger partial charge in [0.25, 0.3) is 0 Å². The first-order valence-corrected chi connectivity index (χ1v) is 5.13. The molecule has 0 saturated carbocycles. The third-order valence-corrected chi connectivity index (χ3v) is 2.45. The first-order valence-electron chi connectivity index (χ1n) is 5.13. The summed E-state index contributed by atoms with van der Waals surface area (Å²) in [5, 5.41) is 9.07. The number of hydrogen-bond acceptors (Lipinski definition) is 3. The van der Waals surface area contributed by atoms with Crippen LogP contribution in [0.25, 0.3) is 0 Å². The van der Waals surface area contributed by atoms with E-state index in [0.29, 0.717) is 12.5 Å². The van der Waals surface area contributed by atoms with Gasteiger partial charge >= 0.3 is 0 Å². The largest absolute Gasteiger partial charge is 0.394 e. The van der Waals surface area contributed by atoms with Gasteiger partial charge in [-0.05, 0) is 12.3 Å². The van der Waals surface area contributed by atoms with Gasteiger partial charge in [-0.2, -0.15) is 0 Å². The van der Waals surface area contributed by atoms with Crippen molar-refractivity contribution in [3.63, 3.8) is 0 Å². The first-order chi connectivity index (χ1) is 6.65. The van der Waals surface area contributed by atoms with Crippen LogP contribution in [0.15, 0.2) is 0 Å². The van der Waals surface area contributed by atoms with Crippen LogP contribution in [0.2, 0.25) is 0 Å². The fourth-order valence-corrected chi connectivity index (χ4v) is 1.51. The number of carbonyl (C=O) groups is 1. The van der Waals surface area contributed by atoms with Crippen molar-refractivity contribution in [2.75, 3.05) is 26.4 Å². The topological polar surface area (TPSA) is 49.8 Å². The van der Waals surface area contributed by atoms with Crippen molar-refractivity contribution in [2.24, 2.45) is 5.92 Å². The summed E-state index contributed by atoms with van der Waals surface area (Å²) in [4.78, 5) is 13.2. The zero-order chi connectivity index (χ0) is 10.6. The number of morpholine rings is 1. The van der Waals surface area contributed by atoms with Gasteiger partial charge in [-0.1, -0.05) is 13.8 Å². The van der Waals surface area contributed by atoms with E-state index in [1.165, 1.54) is 0 Å². The number of hydrogen-bond donors (Lipinski definition) is 1. The van der Waals surface area contributed by atoms with Gasteiger partial charge in [-0.3, -0.25) is 4.79 Å². The average Bonchev–Trinajstić information content (AvgIpc) is 2.15. The quantitative estimate of drug-likeness (QED) is 0.709. The summed E-state index contributed by atoms with van der Waals surface area (Å²) in [6.07, 6.45) is 0.974. The monoisotopic (exact) mass is 201 g/mol. The Morgan fingerprint density at radius 1 is 1.64 bits per heavy atom. The van der Waals surface area contributed by atoms with Crippen molar-refractivity contribution in [2.45, 2.75) is 26.3 Å². The van der Waals surface area contributed by atoms with Gasteiger partial charge in [0.15, 0.2) is 0 Å². The molecule has 0 aromatic carbocycles. The SMILES string of the molecule is CC(C)CCN1C(=O)COCC1CO. The number of amides is 1. The molecule has 1 saturated heterocycles. The van der Waals surface area contributed by atoms with Crippen LogP contribution in [0.1, 0.15) is 20.3 Å². The van der Waals surface area contributed by atoms with E-state index in [4.69, 9.17) is 9.84 Å². The molecular formula is C10H19NO3. The summed E-state index contributed by atoms with van der Waals surface area (Å²) >= 11 is 0. The molecule has 1 aliphatic rings. The maximum Gasteiger partial charge on any atom is 0.248 e. The second-order valence-electron chi connectivity index (χ2n) is 4.12. The Morgan fingerprint density at radius 3 is 2.93 bits per heavy atom. The molecule has 1 atom stereocenters. The third-order valence-electron chi connectivity index (χ3n) is 2.45. The fourth-order valence-electron chi connectivity index (χ4n) is 1.51. The van der Waals surface area contributed by atoms with E-state index in [9.17, 15) is 4.79 Å². The van der Waals surface area contributed by atoms with Crippen molar-refractivity contribution in [3.8, 4) is 0 Å². The summed E-state index contributed by atoms with van der Waals surface area (Å²) in [7, 11) is 0. The second-order valence-corrected chi connectivity index (χ2v) is 4.12. The summed E-state index contributed by atoms with van der Waals surface area (Å²) in [5.74, 6) is 0.570. The van der Waals surface area contributed by atoms with Gasteiger partial charge in [0.05, 0.1) is 19.3 Å². The number of aliphatic hydroxyl groups is 1. The number of rotatable bonds is 4.